The summed E-state index contributed by atoms with van der Waals surface area (Å²) in [5, 5.41) is 14.4. The Morgan fingerprint density at radius 1 is 1.55 bits per heavy atom. The number of hydrogen-bond acceptors (Lipinski definition) is 4. The van der Waals surface area contributed by atoms with E-state index in [2.05, 4.69) is 15.5 Å². The van der Waals surface area contributed by atoms with E-state index >= 15 is 0 Å². The van der Waals surface area contributed by atoms with E-state index < -0.39 is 15.9 Å². The van der Waals surface area contributed by atoms with Gasteiger partial charge in [0.15, 0.2) is 5.69 Å². The third-order valence-corrected chi connectivity index (χ3v) is 4.62. The maximum atomic E-state index is 12.2. The molecular weight excluding hydrogens is 280 g/mol. The van der Waals surface area contributed by atoms with Crippen molar-refractivity contribution in [2.75, 3.05) is 0 Å². The Kier molecular flexibility index (Phi) is 3.64. The minimum atomic E-state index is -3.99. The summed E-state index contributed by atoms with van der Waals surface area (Å²) in [6.07, 6.45) is 2.07. The van der Waals surface area contributed by atoms with Gasteiger partial charge in [-0.1, -0.05) is 27.2 Å². The fourth-order valence-electron chi connectivity index (χ4n) is 2.19. The van der Waals surface area contributed by atoms with E-state index in [1.807, 2.05) is 20.8 Å². The number of carbonyl (C=O) groups excluding carboxylic acids is 1. The molecule has 2 rings (SSSR count). The molecule has 1 aromatic heterocycles. The first-order chi connectivity index (χ1) is 9.16. The van der Waals surface area contributed by atoms with Gasteiger partial charge in [0.05, 0.1) is 5.69 Å². The van der Waals surface area contributed by atoms with Crippen molar-refractivity contribution in [2.24, 2.45) is 10.6 Å². The van der Waals surface area contributed by atoms with Gasteiger partial charge in [0.1, 0.15) is 4.90 Å². The molecule has 4 N–H and O–H groups in total. The Morgan fingerprint density at radius 3 is 2.60 bits per heavy atom. The van der Waals surface area contributed by atoms with E-state index in [4.69, 9.17) is 5.14 Å². The van der Waals surface area contributed by atoms with Crippen LogP contribution in [0.15, 0.2) is 4.90 Å². The first-order valence-electron chi connectivity index (χ1n) is 6.57. The lowest BCUT2D eigenvalue weighted by molar-refractivity contribution is 0.0938. The van der Waals surface area contributed by atoms with Crippen molar-refractivity contribution in [2.45, 2.75) is 51.0 Å². The van der Waals surface area contributed by atoms with Gasteiger partial charge >= 0.3 is 0 Å². The predicted octanol–water partition coefficient (Wildman–Crippen LogP) is 0.538. The van der Waals surface area contributed by atoms with Crippen molar-refractivity contribution in [1.29, 1.82) is 0 Å². The Bertz CT molecular complexity index is 633. The van der Waals surface area contributed by atoms with Crippen molar-refractivity contribution < 1.29 is 13.2 Å². The Hall–Kier alpha value is -1.41. The molecule has 1 saturated carbocycles. The number of aryl methyl sites for hydroxylation is 1. The molecule has 1 aliphatic rings. The van der Waals surface area contributed by atoms with Crippen LogP contribution in [0.2, 0.25) is 0 Å². The number of carbonyl (C=O) groups is 1. The van der Waals surface area contributed by atoms with E-state index in [1.165, 1.54) is 0 Å². The molecule has 0 bridgehead atoms. The Balaban J connectivity index is 2.30. The lowest BCUT2D eigenvalue weighted by atomic mass is 10.2. The lowest BCUT2D eigenvalue weighted by Crippen LogP contribution is -2.30. The highest BCUT2D eigenvalue weighted by Crippen LogP contribution is 2.44. The van der Waals surface area contributed by atoms with Crippen molar-refractivity contribution in [3.8, 4) is 0 Å². The number of rotatable bonds is 5. The van der Waals surface area contributed by atoms with Crippen LogP contribution < -0.4 is 10.5 Å². The number of H-pyrrole nitrogens is 1. The zero-order chi connectivity index (χ0) is 15.1. The van der Waals surface area contributed by atoms with E-state index in [0.29, 0.717) is 12.1 Å². The SMILES string of the molecule is CCCc1[nH]nc(C(=O)NC2CC2(C)C)c1S(N)(=O)=O. The molecule has 0 aromatic carbocycles. The smallest absolute Gasteiger partial charge is 0.273 e. The van der Waals surface area contributed by atoms with Crippen LogP contribution in [0.4, 0.5) is 0 Å². The third-order valence-electron chi connectivity index (χ3n) is 3.61. The second kappa shape index (κ2) is 4.85. The van der Waals surface area contributed by atoms with Crippen molar-refractivity contribution in [3.63, 3.8) is 0 Å². The van der Waals surface area contributed by atoms with Crippen LogP contribution in [0, 0.1) is 5.41 Å². The number of amides is 1. The zero-order valence-corrected chi connectivity index (χ0v) is 12.7. The molecule has 0 aliphatic heterocycles. The van der Waals surface area contributed by atoms with E-state index in [9.17, 15) is 13.2 Å². The van der Waals surface area contributed by atoms with Gasteiger partial charge in [-0.3, -0.25) is 9.89 Å². The van der Waals surface area contributed by atoms with E-state index in [-0.39, 0.29) is 22.0 Å². The molecule has 1 heterocycles. The molecule has 1 amide bonds. The highest BCUT2D eigenvalue weighted by atomic mass is 32.2. The first-order valence-corrected chi connectivity index (χ1v) is 8.12. The number of hydrogen-bond donors (Lipinski definition) is 3. The molecule has 20 heavy (non-hydrogen) atoms. The minimum absolute atomic E-state index is 0.0506. The minimum Gasteiger partial charge on any atom is -0.347 e. The number of nitrogens with one attached hydrogen (secondary N) is 2. The molecule has 1 fully saturated rings. The molecule has 8 heteroatoms. The number of nitrogens with zero attached hydrogens (tertiary/aromatic N) is 1. The van der Waals surface area contributed by atoms with Crippen LogP contribution in [-0.2, 0) is 16.4 Å². The normalized spacial score (nSPS) is 20.7. The van der Waals surface area contributed by atoms with Gasteiger partial charge in [0.25, 0.3) is 5.91 Å². The van der Waals surface area contributed by atoms with Crippen LogP contribution in [0.1, 0.15) is 49.8 Å². The van der Waals surface area contributed by atoms with Gasteiger partial charge in [0, 0.05) is 6.04 Å². The zero-order valence-electron chi connectivity index (χ0n) is 11.9. The summed E-state index contributed by atoms with van der Waals surface area (Å²) in [6, 6.07) is 0.0506. The second-order valence-electron chi connectivity index (χ2n) is 5.89. The van der Waals surface area contributed by atoms with Gasteiger partial charge in [-0.2, -0.15) is 5.10 Å². The van der Waals surface area contributed by atoms with Gasteiger partial charge in [-0.15, -0.1) is 0 Å². The molecule has 0 radical (unpaired) electrons. The molecule has 0 saturated heterocycles. The summed E-state index contributed by atoms with van der Waals surface area (Å²) >= 11 is 0. The van der Waals surface area contributed by atoms with Crippen molar-refractivity contribution in [1.82, 2.24) is 15.5 Å². The average Bonchev–Trinajstić information content (AvgIpc) is 2.74. The van der Waals surface area contributed by atoms with Gasteiger partial charge in [0.2, 0.25) is 10.0 Å². The molecular formula is C12H20N4O3S. The Morgan fingerprint density at radius 2 is 2.15 bits per heavy atom. The summed E-state index contributed by atoms with van der Waals surface area (Å²) in [6.45, 7) is 5.97. The molecule has 112 valence electrons. The maximum Gasteiger partial charge on any atom is 0.273 e. The highest BCUT2D eigenvalue weighted by Gasteiger charge is 2.47. The summed E-state index contributed by atoms with van der Waals surface area (Å²) < 4.78 is 23.4. The third kappa shape index (κ3) is 2.85. The van der Waals surface area contributed by atoms with Crippen LogP contribution in [-0.4, -0.2) is 30.6 Å². The average molecular weight is 300 g/mol. The largest absolute Gasteiger partial charge is 0.347 e. The predicted molar refractivity (Wildman–Crippen MR) is 73.6 cm³/mol. The van der Waals surface area contributed by atoms with E-state index in [1.54, 1.807) is 0 Å². The molecule has 0 spiro atoms. The number of aromatic amines is 1. The summed E-state index contributed by atoms with van der Waals surface area (Å²) in [5.74, 6) is -0.497. The van der Waals surface area contributed by atoms with Crippen molar-refractivity contribution >= 4 is 15.9 Å². The molecule has 1 unspecified atom stereocenters. The summed E-state index contributed by atoms with van der Waals surface area (Å²) in [4.78, 5) is 12.0. The van der Waals surface area contributed by atoms with Gasteiger partial charge in [-0.05, 0) is 18.3 Å². The van der Waals surface area contributed by atoms with Gasteiger partial charge < -0.3 is 5.32 Å². The lowest BCUT2D eigenvalue weighted by Gasteiger charge is -2.06. The molecule has 1 atom stereocenters. The summed E-state index contributed by atoms with van der Waals surface area (Å²) in [7, 11) is -3.99. The first kappa shape index (κ1) is 15.0. The molecule has 1 aromatic rings. The molecule has 1 aliphatic carbocycles. The van der Waals surface area contributed by atoms with Crippen molar-refractivity contribution in [3.05, 3.63) is 11.4 Å². The van der Waals surface area contributed by atoms with E-state index in [0.717, 1.165) is 12.8 Å². The standard InChI is InChI=1S/C12H20N4O3S/c1-4-5-7-10(20(13,18)19)9(16-15-7)11(17)14-8-6-12(8,2)3/h8H,4-6H2,1-3H3,(H,14,17)(H,15,16)(H2,13,18,19). The highest BCUT2D eigenvalue weighted by molar-refractivity contribution is 7.89. The van der Waals surface area contributed by atoms with Crippen LogP contribution in [0.5, 0.6) is 0 Å². The quantitative estimate of drug-likeness (QED) is 0.735. The fraction of sp³-hybridized carbons (Fsp3) is 0.667. The molecule has 7 nitrogen and oxygen atoms in total. The summed E-state index contributed by atoms with van der Waals surface area (Å²) in [5.41, 5.74) is 0.300. The van der Waals surface area contributed by atoms with Crippen LogP contribution in [0.25, 0.3) is 0 Å². The number of primary sulfonamides is 1. The monoisotopic (exact) mass is 300 g/mol. The van der Waals surface area contributed by atoms with Crippen LogP contribution >= 0.6 is 0 Å². The maximum absolute atomic E-state index is 12.2. The second-order valence-corrected chi connectivity index (χ2v) is 7.39. The fourth-order valence-corrected chi connectivity index (χ4v) is 3.09. The number of sulfonamides is 1. The number of aromatic nitrogens is 2. The topological polar surface area (TPSA) is 118 Å². The number of nitrogens with two attached hydrogens (primary N) is 1. The van der Waals surface area contributed by atoms with Gasteiger partial charge in [-0.25, -0.2) is 13.6 Å². The Labute approximate surface area is 118 Å². The van der Waals surface area contributed by atoms with Crippen LogP contribution in [0.3, 0.4) is 0 Å².